The van der Waals surface area contributed by atoms with Crippen molar-refractivity contribution < 1.29 is 19.1 Å². The number of rotatable bonds is 6. The number of carbonyl (C=O) groups excluding carboxylic acids is 3. The highest BCUT2D eigenvalue weighted by Crippen LogP contribution is 2.30. The van der Waals surface area contributed by atoms with E-state index in [1.807, 2.05) is 30.3 Å². The summed E-state index contributed by atoms with van der Waals surface area (Å²) in [7, 11) is 0. The lowest BCUT2D eigenvalue weighted by atomic mass is 10.2. The number of thioether (sulfide) groups is 1. The van der Waals surface area contributed by atoms with Gasteiger partial charge in [-0.2, -0.15) is 0 Å². The molecular weight excluding hydrogens is 328 g/mol. The van der Waals surface area contributed by atoms with E-state index < -0.39 is 12.0 Å². The Balaban J connectivity index is 2.02. The molecule has 1 aliphatic heterocycles. The van der Waals surface area contributed by atoms with Crippen molar-refractivity contribution in [2.75, 3.05) is 12.4 Å². The van der Waals surface area contributed by atoms with E-state index in [0.717, 1.165) is 5.56 Å². The Bertz CT molecular complexity index is 645. The Kier molecular flexibility index (Phi) is 6.43. The van der Waals surface area contributed by atoms with Crippen LogP contribution < -0.4 is 5.32 Å². The second-order valence-electron chi connectivity index (χ2n) is 5.17. The fourth-order valence-corrected chi connectivity index (χ4v) is 3.24. The van der Waals surface area contributed by atoms with Crippen LogP contribution in [0.5, 0.6) is 0 Å². The molecule has 24 heavy (non-hydrogen) atoms. The van der Waals surface area contributed by atoms with Crippen molar-refractivity contribution in [2.45, 2.75) is 26.4 Å². The number of benzene rings is 1. The van der Waals surface area contributed by atoms with Crippen LogP contribution in [-0.4, -0.2) is 41.1 Å². The van der Waals surface area contributed by atoms with E-state index in [2.05, 4.69) is 5.32 Å². The number of esters is 1. The van der Waals surface area contributed by atoms with Crippen LogP contribution in [0.4, 0.5) is 0 Å². The predicted molar refractivity (Wildman–Crippen MR) is 91.8 cm³/mol. The Labute approximate surface area is 145 Å². The van der Waals surface area contributed by atoms with Crippen molar-refractivity contribution in [3.8, 4) is 0 Å². The zero-order valence-corrected chi connectivity index (χ0v) is 14.5. The minimum Gasteiger partial charge on any atom is -0.463 e. The maximum Gasteiger partial charge on any atom is 0.333 e. The highest BCUT2D eigenvalue weighted by Gasteiger charge is 2.34. The van der Waals surface area contributed by atoms with Crippen molar-refractivity contribution >= 4 is 29.5 Å². The highest BCUT2D eigenvalue weighted by molar-refractivity contribution is 8.04. The summed E-state index contributed by atoms with van der Waals surface area (Å²) < 4.78 is 4.87. The van der Waals surface area contributed by atoms with Gasteiger partial charge >= 0.3 is 5.97 Å². The molecule has 0 bridgehead atoms. The molecule has 1 fully saturated rings. The van der Waals surface area contributed by atoms with E-state index in [1.165, 1.54) is 22.7 Å². The molecular formula is C17H20N2O4S. The van der Waals surface area contributed by atoms with Gasteiger partial charge in [0.05, 0.1) is 23.5 Å². The van der Waals surface area contributed by atoms with Gasteiger partial charge in [-0.3, -0.25) is 14.5 Å². The molecule has 1 aromatic rings. The Morgan fingerprint density at radius 2 is 2.08 bits per heavy atom. The molecule has 0 radical (unpaired) electrons. The Morgan fingerprint density at radius 1 is 1.38 bits per heavy atom. The molecule has 6 nitrogen and oxygen atoms in total. The molecule has 1 atom stereocenters. The summed E-state index contributed by atoms with van der Waals surface area (Å²) in [4.78, 5) is 37.4. The summed E-state index contributed by atoms with van der Waals surface area (Å²) in [5.41, 5.74) is 0.975. The van der Waals surface area contributed by atoms with Crippen molar-refractivity contribution in [2.24, 2.45) is 0 Å². The van der Waals surface area contributed by atoms with Gasteiger partial charge in [-0.25, -0.2) is 4.79 Å². The average molecular weight is 348 g/mol. The second-order valence-corrected chi connectivity index (χ2v) is 6.16. The van der Waals surface area contributed by atoms with Gasteiger partial charge in [0.2, 0.25) is 11.8 Å². The Hall–Kier alpha value is -2.28. The third-order valence-corrected chi connectivity index (χ3v) is 4.46. The first-order chi connectivity index (χ1) is 11.5. The van der Waals surface area contributed by atoms with E-state index >= 15 is 0 Å². The van der Waals surface area contributed by atoms with Crippen molar-refractivity contribution in [1.82, 2.24) is 10.2 Å². The monoisotopic (exact) mass is 348 g/mol. The van der Waals surface area contributed by atoms with E-state index in [0.29, 0.717) is 11.6 Å². The lowest BCUT2D eigenvalue weighted by molar-refractivity contribution is -0.137. The van der Waals surface area contributed by atoms with Gasteiger partial charge in [-0.15, -0.1) is 0 Å². The van der Waals surface area contributed by atoms with Gasteiger partial charge in [0.25, 0.3) is 0 Å². The molecule has 0 aromatic heterocycles. The molecule has 0 aliphatic carbocycles. The van der Waals surface area contributed by atoms with Crippen molar-refractivity contribution in [3.63, 3.8) is 0 Å². The molecule has 1 N–H and O–H groups in total. The third kappa shape index (κ3) is 4.61. The quantitative estimate of drug-likeness (QED) is 0.625. The van der Waals surface area contributed by atoms with Crippen LogP contribution in [-0.2, 0) is 25.7 Å². The second kappa shape index (κ2) is 8.54. The topological polar surface area (TPSA) is 75.7 Å². The molecule has 2 amide bonds. The fraction of sp³-hybridized carbons (Fsp3) is 0.353. The molecule has 0 spiro atoms. The standard InChI is InChI=1S/C17H20N2O4S/c1-3-23-16(21)9-15-19(14(20)11-24-15)12(2)17(22)18-10-13-7-5-4-6-8-13/h4-9,12H,3,10-11H2,1-2H3,(H,18,22)/b15-9-/t12-/m1/s1. The normalized spacial score (nSPS) is 17.0. The predicted octanol–water partition coefficient (Wildman–Crippen LogP) is 1.67. The summed E-state index contributed by atoms with van der Waals surface area (Å²) in [6.45, 7) is 3.99. The summed E-state index contributed by atoms with van der Waals surface area (Å²) in [6, 6.07) is 8.82. The molecule has 1 heterocycles. The molecule has 0 saturated carbocycles. The van der Waals surface area contributed by atoms with Gasteiger partial charge in [0, 0.05) is 6.54 Å². The number of hydrogen-bond donors (Lipinski definition) is 1. The van der Waals surface area contributed by atoms with Crippen LogP contribution >= 0.6 is 11.8 Å². The maximum atomic E-state index is 12.3. The van der Waals surface area contributed by atoms with Crippen molar-refractivity contribution in [3.05, 3.63) is 47.0 Å². The fourth-order valence-electron chi connectivity index (χ4n) is 2.25. The van der Waals surface area contributed by atoms with Crippen LogP contribution in [0.25, 0.3) is 0 Å². The first-order valence-corrected chi connectivity index (χ1v) is 8.66. The van der Waals surface area contributed by atoms with E-state index in [9.17, 15) is 14.4 Å². The van der Waals surface area contributed by atoms with Gasteiger partial charge in [0.15, 0.2) is 0 Å². The lowest BCUT2D eigenvalue weighted by Crippen LogP contribution is -2.45. The molecule has 128 valence electrons. The average Bonchev–Trinajstić information content (AvgIpc) is 2.93. The number of amides is 2. The zero-order chi connectivity index (χ0) is 17.5. The van der Waals surface area contributed by atoms with E-state index in [-0.39, 0.29) is 24.2 Å². The third-order valence-electron chi connectivity index (χ3n) is 3.45. The van der Waals surface area contributed by atoms with Gasteiger partial charge in [0.1, 0.15) is 6.04 Å². The molecule has 7 heteroatoms. The van der Waals surface area contributed by atoms with Crippen LogP contribution in [0.1, 0.15) is 19.4 Å². The van der Waals surface area contributed by atoms with Crippen LogP contribution in [0.2, 0.25) is 0 Å². The first-order valence-electron chi connectivity index (χ1n) is 7.68. The molecule has 0 unspecified atom stereocenters. The van der Waals surface area contributed by atoms with Gasteiger partial charge in [-0.05, 0) is 19.4 Å². The Morgan fingerprint density at radius 3 is 2.75 bits per heavy atom. The van der Waals surface area contributed by atoms with Crippen LogP contribution in [0, 0.1) is 0 Å². The van der Waals surface area contributed by atoms with Crippen molar-refractivity contribution in [1.29, 1.82) is 0 Å². The number of nitrogens with one attached hydrogen (secondary N) is 1. The lowest BCUT2D eigenvalue weighted by Gasteiger charge is -2.24. The van der Waals surface area contributed by atoms with Gasteiger partial charge < -0.3 is 10.1 Å². The summed E-state index contributed by atoms with van der Waals surface area (Å²) in [5.74, 6) is -0.777. The zero-order valence-electron chi connectivity index (χ0n) is 13.7. The van der Waals surface area contributed by atoms with E-state index in [1.54, 1.807) is 13.8 Å². The van der Waals surface area contributed by atoms with Crippen LogP contribution in [0.3, 0.4) is 0 Å². The summed E-state index contributed by atoms with van der Waals surface area (Å²) >= 11 is 1.23. The minimum atomic E-state index is -0.697. The first kappa shape index (κ1) is 18.1. The molecule has 1 saturated heterocycles. The number of carbonyl (C=O) groups is 3. The summed E-state index contributed by atoms with van der Waals surface area (Å²) in [5, 5.41) is 3.25. The SMILES string of the molecule is CCOC(=O)/C=C1\SCC(=O)N1[C@H](C)C(=O)NCc1ccccc1. The highest BCUT2D eigenvalue weighted by atomic mass is 32.2. The van der Waals surface area contributed by atoms with Crippen LogP contribution in [0.15, 0.2) is 41.4 Å². The minimum absolute atomic E-state index is 0.196. The number of ether oxygens (including phenoxy) is 1. The molecule has 2 rings (SSSR count). The maximum absolute atomic E-state index is 12.3. The molecule has 1 aromatic carbocycles. The largest absolute Gasteiger partial charge is 0.463 e. The molecule has 1 aliphatic rings. The van der Waals surface area contributed by atoms with Gasteiger partial charge in [-0.1, -0.05) is 42.1 Å². The van der Waals surface area contributed by atoms with E-state index in [4.69, 9.17) is 4.74 Å². The number of nitrogens with zero attached hydrogens (tertiary/aromatic N) is 1. The number of hydrogen-bond acceptors (Lipinski definition) is 5. The smallest absolute Gasteiger partial charge is 0.333 e. The summed E-state index contributed by atoms with van der Waals surface area (Å²) in [6.07, 6.45) is 1.26.